The highest BCUT2D eigenvalue weighted by Gasteiger charge is 2.30. The van der Waals surface area contributed by atoms with E-state index < -0.39 is 11.7 Å². The highest BCUT2D eigenvalue weighted by Crippen LogP contribution is 2.28. The summed E-state index contributed by atoms with van der Waals surface area (Å²) in [7, 11) is 1.48. The Morgan fingerprint density at radius 2 is 1.81 bits per heavy atom. The zero-order chi connectivity index (χ0) is 15.3. The largest absolute Gasteiger partial charge is 0.467 e. The molecule has 2 rings (SSSR count). The predicted octanol–water partition coefficient (Wildman–Crippen LogP) is 2.55. The van der Waals surface area contributed by atoms with E-state index in [9.17, 15) is 13.2 Å². The molecule has 0 unspecified atom stereocenters. The molecule has 0 aliphatic heterocycles. The number of ether oxygens (including phenoxy) is 1. The van der Waals surface area contributed by atoms with Crippen molar-refractivity contribution in [3.05, 3.63) is 41.9 Å². The first-order valence-corrected chi connectivity index (χ1v) is 6.11. The smallest absolute Gasteiger partial charge is 0.417 e. The minimum Gasteiger partial charge on any atom is -0.467 e. The first kappa shape index (κ1) is 15.0. The fourth-order valence-electron chi connectivity index (χ4n) is 1.58. The van der Waals surface area contributed by atoms with Crippen molar-refractivity contribution in [3.8, 4) is 6.01 Å². The lowest BCUT2D eigenvalue weighted by Gasteiger charge is -2.08. The number of nitrogens with one attached hydrogen (secondary N) is 1. The van der Waals surface area contributed by atoms with E-state index in [2.05, 4.69) is 20.3 Å². The molecule has 8 heteroatoms. The third-order valence-electron chi connectivity index (χ3n) is 2.67. The maximum absolute atomic E-state index is 12.4. The fraction of sp³-hybridized carbons (Fsp3) is 0.308. The van der Waals surface area contributed by atoms with Crippen LogP contribution in [0.3, 0.4) is 0 Å². The van der Waals surface area contributed by atoms with Crippen LogP contribution in [0.25, 0.3) is 0 Å². The molecule has 0 saturated carbocycles. The maximum Gasteiger partial charge on any atom is 0.417 e. The van der Waals surface area contributed by atoms with Crippen molar-refractivity contribution in [3.63, 3.8) is 0 Å². The number of anilines is 1. The summed E-state index contributed by atoms with van der Waals surface area (Å²) in [6.45, 7) is 0.508. The number of rotatable bonds is 5. The van der Waals surface area contributed by atoms with Crippen LogP contribution >= 0.6 is 0 Å². The van der Waals surface area contributed by atoms with Crippen molar-refractivity contribution in [2.45, 2.75) is 12.6 Å². The Morgan fingerprint density at radius 3 is 2.33 bits per heavy atom. The summed E-state index contributed by atoms with van der Waals surface area (Å²) in [4.78, 5) is 11.6. The second-order valence-electron chi connectivity index (χ2n) is 4.18. The zero-order valence-corrected chi connectivity index (χ0v) is 11.2. The van der Waals surface area contributed by atoms with E-state index in [1.807, 2.05) is 0 Å². The van der Waals surface area contributed by atoms with Crippen LogP contribution in [-0.4, -0.2) is 28.6 Å². The van der Waals surface area contributed by atoms with E-state index in [0.717, 1.165) is 17.8 Å². The fourth-order valence-corrected chi connectivity index (χ4v) is 1.58. The van der Waals surface area contributed by atoms with Crippen LogP contribution in [-0.2, 0) is 12.6 Å². The number of halogens is 3. The molecule has 0 aliphatic carbocycles. The molecule has 0 amide bonds. The van der Waals surface area contributed by atoms with E-state index >= 15 is 0 Å². The quantitative estimate of drug-likeness (QED) is 0.919. The third-order valence-corrected chi connectivity index (χ3v) is 2.67. The van der Waals surface area contributed by atoms with Gasteiger partial charge in [-0.3, -0.25) is 0 Å². The van der Waals surface area contributed by atoms with E-state index in [1.165, 1.54) is 13.2 Å². The van der Waals surface area contributed by atoms with Gasteiger partial charge in [0.2, 0.25) is 0 Å². The maximum atomic E-state index is 12.4. The molecule has 21 heavy (non-hydrogen) atoms. The van der Waals surface area contributed by atoms with Gasteiger partial charge < -0.3 is 10.1 Å². The van der Waals surface area contributed by atoms with Crippen LogP contribution in [0.4, 0.5) is 19.0 Å². The first-order chi connectivity index (χ1) is 9.99. The van der Waals surface area contributed by atoms with Gasteiger partial charge in [-0.05, 0) is 24.1 Å². The molecule has 2 aromatic heterocycles. The van der Waals surface area contributed by atoms with Crippen molar-refractivity contribution < 1.29 is 17.9 Å². The van der Waals surface area contributed by atoms with Crippen molar-refractivity contribution >= 4 is 5.82 Å². The van der Waals surface area contributed by atoms with Gasteiger partial charge >= 0.3 is 12.2 Å². The van der Waals surface area contributed by atoms with Gasteiger partial charge in [0.1, 0.15) is 5.82 Å². The van der Waals surface area contributed by atoms with E-state index in [4.69, 9.17) is 4.74 Å². The van der Waals surface area contributed by atoms with Crippen molar-refractivity contribution in [1.29, 1.82) is 0 Å². The van der Waals surface area contributed by atoms with Gasteiger partial charge in [0.25, 0.3) is 0 Å². The van der Waals surface area contributed by atoms with Gasteiger partial charge in [-0.1, -0.05) is 0 Å². The topological polar surface area (TPSA) is 59.9 Å². The molecule has 0 spiro atoms. The molecule has 0 radical (unpaired) electrons. The Hall–Kier alpha value is -2.38. The average molecular weight is 298 g/mol. The number of hydrogen-bond donors (Lipinski definition) is 1. The Morgan fingerprint density at radius 1 is 1.10 bits per heavy atom. The molecule has 2 aromatic rings. The van der Waals surface area contributed by atoms with Gasteiger partial charge in [0, 0.05) is 25.1 Å². The summed E-state index contributed by atoms with van der Waals surface area (Å²) in [5.74, 6) is 0.387. The third kappa shape index (κ3) is 4.30. The van der Waals surface area contributed by atoms with Gasteiger partial charge in [-0.25, -0.2) is 15.0 Å². The van der Waals surface area contributed by atoms with Crippen LogP contribution in [0, 0.1) is 0 Å². The van der Waals surface area contributed by atoms with Gasteiger partial charge in [-0.2, -0.15) is 13.2 Å². The number of aromatic nitrogens is 3. The molecule has 2 heterocycles. The summed E-state index contributed by atoms with van der Waals surface area (Å²) in [6.07, 6.45) is 0.318. The Labute approximate surface area is 119 Å². The molecule has 0 saturated heterocycles. The average Bonchev–Trinajstić information content (AvgIpc) is 2.47. The molecule has 0 aliphatic rings. The minimum atomic E-state index is -4.37. The molecular weight excluding hydrogens is 285 g/mol. The Kier molecular flexibility index (Phi) is 4.56. The number of alkyl halides is 3. The first-order valence-electron chi connectivity index (χ1n) is 6.11. The highest BCUT2D eigenvalue weighted by atomic mass is 19.4. The minimum absolute atomic E-state index is 0.288. The van der Waals surface area contributed by atoms with Crippen molar-refractivity contribution in [1.82, 2.24) is 15.0 Å². The molecule has 0 aromatic carbocycles. The summed E-state index contributed by atoms with van der Waals surface area (Å²) in [5.41, 5.74) is 0.117. The number of hydrogen-bond acceptors (Lipinski definition) is 5. The van der Waals surface area contributed by atoms with Gasteiger partial charge in [0.05, 0.1) is 12.7 Å². The lowest BCUT2D eigenvalue weighted by atomic mass is 10.2. The molecule has 5 nitrogen and oxygen atoms in total. The van der Waals surface area contributed by atoms with E-state index in [0.29, 0.717) is 18.8 Å². The molecule has 0 bridgehead atoms. The van der Waals surface area contributed by atoms with Crippen LogP contribution < -0.4 is 10.1 Å². The van der Waals surface area contributed by atoms with E-state index in [-0.39, 0.29) is 6.01 Å². The molecule has 112 valence electrons. The lowest BCUT2D eigenvalue weighted by Crippen LogP contribution is -2.09. The van der Waals surface area contributed by atoms with E-state index in [1.54, 1.807) is 12.4 Å². The van der Waals surface area contributed by atoms with Crippen molar-refractivity contribution in [2.75, 3.05) is 19.0 Å². The number of methoxy groups -OCH3 is 1. The number of pyridine rings is 1. The summed E-state index contributed by atoms with van der Waals surface area (Å²) < 4.78 is 42.0. The predicted molar refractivity (Wildman–Crippen MR) is 70.0 cm³/mol. The van der Waals surface area contributed by atoms with Crippen LogP contribution in [0.5, 0.6) is 6.01 Å². The summed E-state index contributed by atoms with van der Waals surface area (Å²) >= 11 is 0. The SMILES string of the molecule is COc1ncc(CCNc2ccc(C(F)(F)F)cn2)cn1. The highest BCUT2D eigenvalue weighted by molar-refractivity contribution is 5.36. The van der Waals surface area contributed by atoms with Crippen molar-refractivity contribution in [2.24, 2.45) is 0 Å². The summed E-state index contributed by atoms with van der Waals surface area (Å²) in [6, 6.07) is 2.58. The standard InChI is InChI=1S/C13H13F3N4O/c1-21-12-19-6-9(7-20-12)4-5-17-11-3-2-10(8-18-11)13(14,15)16/h2-3,6-8H,4-5H2,1H3,(H,17,18). The molecule has 1 N–H and O–H groups in total. The molecular formula is C13H13F3N4O. The molecule has 0 atom stereocenters. The van der Waals surface area contributed by atoms with Crippen LogP contribution in [0.2, 0.25) is 0 Å². The Bertz CT molecular complexity index is 569. The van der Waals surface area contributed by atoms with Gasteiger partial charge in [-0.15, -0.1) is 0 Å². The normalized spacial score (nSPS) is 11.2. The molecule has 0 fully saturated rings. The second-order valence-corrected chi connectivity index (χ2v) is 4.18. The lowest BCUT2D eigenvalue weighted by molar-refractivity contribution is -0.137. The van der Waals surface area contributed by atoms with Crippen LogP contribution in [0.1, 0.15) is 11.1 Å². The summed E-state index contributed by atoms with van der Waals surface area (Å²) in [5, 5.41) is 2.94. The Balaban J connectivity index is 1.85. The zero-order valence-electron chi connectivity index (χ0n) is 11.2. The van der Waals surface area contributed by atoms with Gasteiger partial charge in [0.15, 0.2) is 0 Å². The number of nitrogens with zero attached hydrogens (tertiary/aromatic N) is 3. The second kappa shape index (κ2) is 6.38. The van der Waals surface area contributed by atoms with Crippen LogP contribution in [0.15, 0.2) is 30.7 Å². The monoisotopic (exact) mass is 298 g/mol.